The molecule has 0 saturated heterocycles. The van der Waals surface area contributed by atoms with Crippen molar-refractivity contribution < 1.29 is 29.2 Å². The van der Waals surface area contributed by atoms with Gasteiger partial charge in [-0.2, -0.15) is 0 Å². The van der Waals surface area contributed by atoms with Gasteiger partial charge in [0, 0.05) is 12.8 Å². The third kappa shape index (κ3) is 35.6. The highest BCUT2D eigenvalue weighted by Gasteiger charge is 2.17. The lowest BCUT2D eigenvalue weighted by atomic mass is 10.0. The van der Waals surface area contributed by atoms with E-state index in [1.54, 1.807) is 0 Å². The quantitative estimate of drug-likeness (QED) is 0.0315. The Morgan fingerprint density at radius 1 is 0.422 bits per heavy atom. The maximum Gasteiger partial charge on any atom is 0.306 e. The van der Waals surface area contributed by atoms with E-state index in [1.165, 1.54) is 154 Å². The number of hydrogen-bond acceptors (Lipinski definition) is 6. The van der Waals surface area contributed by atoms with Gasteiger partial charge in [-0.3, -0.25) is 14.8 Å². The maximum atomic E-state index is 12.2. The Balaban J connectivity index is 3.59. The second kappa shape index (κ2) is 37.3. The Kier molecular flexibility index (Phi) is 36.4. The largest absolute Gasteiger partial charge is 0.462 e. The first-order valence-electron chi connectivity index (χ1n) is 19.7. The summed E-state index contributed by atoms with van der Waals surface area (Å²) in [6.45, 7) is 4.26. The third-order valence-electron chi connectivity index (χ3n) is 8.96. The monoisotopic (exact) mass is 641 g/mol. The molecule has 268 valence electrons. The molecule has 0 amide bonds. The first-order chi connectivity index (χ1) is 22.1. The molecule has 0 bridgehead atoms. The van der Waals surface area contributed by atoms with Gasteiger partial charge in [0.2, 0.25) is 0 Å². The summed E-state index contributed by atoms with van der Waals surface area (Å²) in [4.78, 5) is 28.6. The summed E-state index contributed by atoms with van der Waals surface area (Å²) in [7, 11) is 0. The minimum atomic E-state index is -0.774. The van der Waals surface area contributed by atoms with E-state index in [2.05, 4.69) is 18.7 Å². The van der Waals surface area contributed by atoms with E-state index in [9.17, 15) is 9.59 Å². The number of rotatable bonds is 37. The van der Waals surface area contributed by atoms with Gasteiger partial charge in [-0.05, 0) is 12.8 Å². The van der Waals surface area contributed by atoms with Crippen LogP contribution in [0.3, 0.4) is 0 Å². The van der Waals surface area contributed by atoms with Crippen molar-refractivity contribution in [2.24, 2.45) is 0 Å². The molecule has 0 aromatic rings. The zero-order chi connectivity index (χ0) is 32.9. The van der Waals surface area contributed by atoms with Crippen molar-refractivity contribution in [2.45, 2.75) is 225 Å². The van der Waals surface area contributed by atoms with Crippen LogP contribution in [0.5, 0.6) is 0 Å². The highest BCUT2D eigenvalue weighted by Crippen LogP contribution is 2.16. The molecule has 1 N–H and O–H groups in total. The number of unbranched alkanes of at least 4 members (excludes halogenated alkanes) is 28. The van der Waals surface area contributed by atoms with Crippen LogP contribution in [0, 0.1) is 0 Å². The molecule has 6 heteroatoms. The molecule has 0 aliphatic rings. The fourth-order valence-corrected chi connectivity index (χ4v) is 5.98. The summed E-state index contributed by atoms with van der Waals surface area (Å²) in [5.74, 6) is -0.615. The molecule has 0 aromatic heterocycles. The van der Waals surface area contributed by atoms with Crippen LogP contribution >= 0.6 is 0 Å². The van der Waals surface area contributed by atoms with Crippen LogP contribution in [0.15, 0.2) is 0 Å². The third-order valence-corrected chi connectivity index (χ3v) is 8.96. The van der Waals surface area contributed by atoms with Crippen LogP contribution in [0.4, 0.5) is 0 Å². The van der Waals surface area contributed by atoms with Gasteiger partial charge in [-0.25, -0.2) is 4.89 Å². The molecule has 0 spiro atoms. The van der Waals surface area contributed by atoms with Gasteiger partial charge < -0.3 is 9.47 Å². The smallest absolute Gasteiger partial charge is 0.306 e. The molecule has 0 aliphatic heterocycles. The molecular formula is C39H76O6. The summed E-state index contributed by atoms with van der Waals surface area (Å²) in [6.07, 6.45) is 38.4. The molecule has 45 heavy (non-hydrogen) atoms. The molecule has 0 rings (SSSR count). The Morgan fingerprint density at radius 3 is 1.02 bits per heavy atom. The minimum absolute atomic E-state index is 0.0806. The predicted molar refractivity (Wildman–Crippen MR) is 189 cm³/mol. The van der Waals surface area contributed by atoms with Crippen LogP contribution in [-0.2, 0) is 24.0 Å². The van der Waals surface area contributed by atoms with Crippen molar-refractivity contribution in [2.75, 3.05) is 13.2 Å². The predicted octanol–water partition coefficient (Wildman–Crippen LogP) is 12.5. The number of esters is 2. The van der Waals surface area contributed by atoms with E-state index >= 15 is 0 Å². The highest BCUT2D eigenvalue weighted by atomic mass is 17.1. The normalized spacial score (nSPS) is 12.0. The summed E-state index contributed by atoms with van der Waals surface area (Å²) < 4.78 is 10.7. The lowest BCUT2D eigenvalue weighted by Gasteiger charge is -2.16. The van der Waals surface area contributed by atoms with Crippen LogP contribution in [0.2, 0.25) is 0 Å². The van der Waals surface area contributed by atoms with Crippen LogP contribution in [-0.4, -0.2) is 36.5 Å². The fourth-order valence-electron chi connectivity index (χ4n) is 5.98. The molecule has 0 saturated carbocycles. The zero-order valence-electron chi connectivity index (χ0n) is 30.1. The first kappa shape index (κ1) is 43.9. The number of carbonyl (C=O) groups excluding carboxylic acids is 2. The molecule has 0 fully saturated rings. The maximum absolute atomic E-state index is 12.2. The number of hydrogen-bond donors (Lipinski definition) is 1. The Bertz CT molecular complexity index is 610. The van der Waals surface area contributed by atoms with Gasteiger partial charge in [0.05, 0.1) is 0 Å². The van der Waals surface area contributed by atoms with E-state index in [-0.39, 0.29) is 25.2 Å². The van der Waals surface area contributed by atoms with Gasteiger partial charge in [0.1, 0.15) is 13.2 Å². The van der Waals surface area contributed by atoms with Gasteiger partial charge in [-0.15, -0.1) is 0 Å². The Labute approximate surface area is 279 Å². The Morgan fingerprint density at radius 2 is 0.711 bits per heavy atom. The summed E-state index contributed by atoms with van der Waals surface area (Å²) in [6, 6.07) is 0. The average molecular weight is 641 g/mol. The van der Waals surface area contributed by atoms with E-state index in [1.807, 2.05) is 0 Å². The first-order valence-corrected chi connectivity index (χ1v) is 19.7. The van der Waals surface area contributed by atoms with E-state index in [0.29, 0.717) is 12.8 Å². The fraction of sp³-hybridized carbons (Fsp3) is 0.949. The lowest BCUT2D eigenvalue weighted by Crippen LogP contribution is -2.29. The number of ether oxygens (including phenoxy) is 2. The molecular weight excluding hydrogens is 564 g/mol. The van der Waals surface area contributed by atoms with Crippen molar-refractivity contribution in [1.82, 2.24) is 0 Å². The lowest BCUT2D eigenvalue weighted by molar-refractivity contribution is -0.261. The zero-order valence-corrected chi connectivity index (χ0v) is 30.1. The van der Waals surface area contributed by atoms with Crippen molar-refractivity contribution in [3.05, 3.63) is 0 Å². The summed E-state index contributed by atoms with van der Waals surface area (Å²) in [5.41, 5.74) is 0. The van der Waals surface area contributed by atoms with Crippen LogP contribution < -0.4 is 0 Å². The standard InChI is InChI=1S/C39H76O6/c1-3-5-7-9-11-13-15-17-19-21-23-25-27-29-31-33-38(40)43-35-37(36-44-42)45-39(41)34-32-30-28-26-24-22-20-18-16-14-12-10-8-6-4-2/h37,42H,3-36H2,1-2H3/t37-/m1/s1. The summed E-state index contributed by atoms with van der Waals surface area (Å²) in [5, 5.41) is 8.85. The van der Waals surface area contributed by atoms with Gasteiger partial charge >= 0.3 is 11.9 Å². The van der Waals surface area contributed by atoms with E-state index < -0.39 is 6.10 Å². The second-order valence-electron chi connectivity index (χ2n) is 13.5. The van der Waals surface area contributed by atoms with Crippen molar-refractivity contribution in [1.29, 1.82) is 0 Å². The Hall–Kier alpha value is -1.14. The summed E-state index contributed by atoms with van der Waals surface area (Å²) >= 11 is 0. The topological polar surface area (TPSA) is 82.1 Å². The minimum Gasteiger partial charge on any atom is -0.462 e. The van der Waals surface area contributed by atoms with Crippen LogP contribution in [0.25, 0.3) is 0 Å². The van der Waals surface area contributed by atoms with E-state index in [0.717, 1.165) is 38.5 Å². The van der Waals surface area contributed by atoms with E-state index in [4.69, 9.17) is 14.7 Å². The molecule has 6 nitrogen and oxygen atoms in total. The molecule has 1 atom stereocenters. The second-order valence-corrected chi connectivity index (χ2v) is 13.5. The molecule has 0 radical (unpaired) electrons. The number of carbonyl (C=O) groups is 2. The molecule has 0 unspecified atom stereocenters. The van der Waals surface area contributed by atoms with Crippen LogP contribution in [0.1, 0.15) is 219 Å². The van der Waals surface area contributed by atoms with Gasteiger partial charge in [0.15, 0.2) is 6.10 Å². The van der Waals surface area contributed by atoms with Crippen molar-refractivity contribution in [3.63, 3.8) is 0 Å². The SMILES string of the molecule is CCCCCCCCCCCCCCCCCC(=O)OC[C@H](COO)OC(=O)CCCCCCCCCCCCCCCCC. The van der Waals surface area contributed by atoms with Crippen molar-refractivity contribution in [3.8, 4) is 0 Å². The molecule has 0 aromatic carbocycles. The highest BCUT2D eigenvalue weighted by molar-refractivity contribution is 5.70. The average Bonchev–Trinajstić information content (AvgIpc) is 3.03. The van der Waals surface area contributed by atoms with Gasteiger partial charge in [0.25, 0.3) is 0 Å². The van der Waals surface area contributed by atoms with Gasteiger partial charge in [-0.1, -0.05) is 194 Å². The van der Waals surface area contributed by atoms with Crippen molar-refractivity contribution >= 4 is 11.9 Å². The molecule has 0 heterocycles. The molecule has 0 aliphatic carbocycles.